The summed E-state index contributed by atoms with van der Waals surface area (Å²) in [5.41, 5.74) is 8.11. The van der Waals surface area contributed by atoms with Crippen molar-refractivity contribution in [2.75, 3.05) is 56.6 Å². The fourth-order valence-electron chi connectivity index (χ4n) is 6.37. The second kappa shape index (κ2) is 18.2. The summed E-state index contributed by atoms with van der Waals surface area (Å²) in [6, 6.07) is 33.1. The fraction of sp³-hybridized carbons (Fsp3) is 0.368. The van der Waals surface area contributed by atoms with Crippen LogP contribution < -0.4 is 9.80 Å². The Labute approximate surface area is 298 Å². The highest BCUT2D eigenvalue weighted by atomic mass is 35.5. The number of hydrogen-bond acceptors (Lipinski definition) is 5. The molecule has 0 bridgehead atoms. The molecule has 1 atom stereocenters. The number of nitrogens with zero attached hydrogens (tertiary/aromatic N) is 4. The second-order valence-corrected chi connectivity index (χ2v) is 13.4. The minimum Gasteiger partial charge on any atom is -0.341 e. The molecular weight excluding hydrogens is 651 g/mol. The van der Waals surface area contributed by atoms with E-state index in [2.05, 4.69) is 139 Å². The van der Waals surface area contributed by atoms with Gasteiger partial charge in [0.2, 0.25) is 0 Å². The summed E-state index contributed by atoms with van der Waals surface area (Å²) in [7, 11) is 4.25. The van der Waals surface area contributed by atoms with Gasteiger partial charge in [0, 0.05) is 45.3 Å². The predicted molar refractivity (Wildman–Crippen MR) is 206 cm³/mol. The third-order valence-electron chi connectivity index (χ3n) is 8.69. The molecule has 4 nitrogen and oxygen atoms in total. The van der Waals surface area contributed by atoms with Crippen LogP contribution in [-0.2, 0) is 12.8 Å². The summed E-state index contributed by atoms with van der Waals surface area (Å²) in [6.07, 6.45) is 3.30. The van der Waals surface area contributed by atoms with E-state index in [1.54, 1.807) is 0 Å². The smallest absolute Gasteiger partial charge is 0.0553 e. The summed E-state index contributed by atoms with van der Waals surface area (Å²) in [5.74, 6) is 0. The normalized spacial score (nSPS) is 13.6. The van der Waals surface area contributed by atoms with E-state index >= 15 is 0 Å². The van der Waals surface area contributed by atoms with E-state index in [0.29, 0.717) is 6.04 Å². The van der Waals surface area contributed by atoms with Crippen molar-refractivity contribution in [3.63, 3.8) is 0 Å². The van der Waals surface area contributed by atoms with Crippen molar-refractivity contribution < 1.29 is 0 Å². The first kappa shape index (κ1) is 38.1. The van der Waals surface area contributed by atoms with E-state index in [4.69, 9.17) is 11.6 Å². The van der Waals surface area contributed by atoms with Crippen molar-refractivity contribution in [1.29, 1.82) is 0 Å². The third kappa shape index (κ3) is 9.15. The van der Waals surface area contributed by atoms with Crippen molar-refractivity contribution in [2.45, 2.75) is 55.9 Å². The first-order chi connectivity index (χ1) is 21.4. The predicted octanol–water partition coefficient (Wildman–Crippen LogP) is 10.4. The van der Waals surface area contributed by atoms with Crippen molar-refractivity contribution in [2.24, 2.45) is 0 Å². The van der Waals surface area contributed by atoms with E-state index in [9.17, 15) is 0 Å². The molecule has 0 saturated heterocycles. The Bertz CT molecular complexity index is 1480. The first-order valence-electron chi connectivity index (χ1n) is 16.1. The van der Waals surface area contributed by atoms with Gasteiger partial charge in [0.05, 0.1) is 11.4 Å². The van der Waals surface area contributed by atoms with Crippen LogP contribution in [0, 0.1) is 0 Å². The van der Waals surface area contributed by atoms with Crippen LogP contribution in [0.1, 0.15) is 38.3 Å². The molecule has 0 aromatic heterocycles. The number of benzene rings is 4. The molecule has 0 radical (unpaired) electrons. The molecule has 0 fully saturated rings. The maximum Gasteiger partial charge on any atom is 0.0553 e. The van der Waals surface area contributed by atoms with Gasteiger partial charge in [0.1, 0.15) is 0 Å². The molecule has 0 spiro atoms. The maximum absolute atomic E-state index is 6.27. The standard InChI is InChI=1S/C19H23ClN2.C19H24N2S.2ClH/c1-21(2)12-5-13-22-18-7-4-3-6-15(18)8-9-16-10-11-17(20)14-19(16)22;1-4-20(5-2)15(3)14-21-16-10-6-8-12-18(16)22-19-13-9-7-11-17(19)21;;/h3-4,6-7,10-11,14H,5,8-9,12-13H2,1-2H3;6-13,15H,4-5,14H2,1-3H3;2*1H. The molecule has 1 unspecified atom stereocenters. The summed E-state index contributed by atoms with van der Waals surface area (Å²) < 4.78 is 0. The van der Waals surface area contributed by atoms with E-state index in [-0.39, 0.29) is 24.8 Å². The molecule has 0 N–H and O–H groups in total. The summed E-state index contributed by atoms with van der Waals surface area (Å²) >= 11 is 8.15. The highest BCUT2D eigenvalue weighted by Crippen LogP contribution is 2.48. The lowest BCUT2D eigenvalue weighted by molar-refractivity contribution is 0.236. The summed E-state index contributed by atoms with van der Waals surface area (Å²) in [4.78, 5) is 12.4. The topological polar surface area (TPSA) is 13.0 Å². The molecule has 4 aromatic carbocycles. The molecule has 0 saturated carbocycles. The van der Waals surface area contributed by atoms with Gasteiger partial charge in [-0.05, 0) is 114 Å². The minimum atomic E-state index is 0. The van der Waals surface area contributed by atoms with Crippen LogP contribution in [0.3, 0.4) is 0 Å². The number of aryl methyl sites for hydroxylation is 2. The van der Waals surface area contributed by atoms with Gasteiger partial charge in [-0.1, -0.05) is 85.7 Å². The van der Waals surface area contributed by atoms with E-state index < -0.39 is 0 Å². The molecule has 248 valence electrons. The maximum atomic E-state index is 6.27. The minimum absolute atomic E-state index is 0. The number of likely N-dealkylation sites (N-methyl/N-ethyl adjacent to an activating group) is 1. The van der Waals surface area contributed by atoms with Crippen molar-refractivity contribution >= 4 is 70.9 Å². The number of para-hydroxylation sites is 3. The monoisotopic (exact) mass is 698 g/mol. The number of rotatable bonds is 9. The van der Waals surface area contributed by atoms with Gasteiger partial charge < -0.3 is 14.7 Å². The van der Waals surface area contributed by atoms with Crippen molar-refractivity contribution in [3.05, 3.63) is 107 Å². The van der Waals surface area contributed by atoms with Gasteiger partial charge in [-0.15, -0.1) is 24.8 Å². The molecule has 2 aliphatic rings. The largest absolute Gasteiger partial charge is 0.341 e. The Morgan fingerprint density at radius 3 is 1.85 bits per heavy atom. The SMILES string of the molecule is CCN(CC)C(C)CN1c2ccccc2Sc2ccccc21.CN(C)CCCN1c2ccccc2CCc2ccc(Cl)cc21.Cl.Cl. The molecule has 8 heteroatoms. The quantitative estimate of drug-likeness (QED) is 0.172. The van der Waals surface area contributed by atoms with Crippen LogP contribution in [0.4, 0.5) is 22.7 Å². The number of hydrogen-bond donors (Lipinski definition) is 0. The van der Waals surface area contributed by atoms with Crippen molar-refractivity contribution in [1.82, 2.24) is 9.80 Å². The highest BCUT2D eigenvalue weighted by Gasteiger charge is 2.25. The summed E-state index contributed by atoms with van der Waals surface area (Å²) in [5, 5.41) is 0.816. The Kier molecular flexibility index (Phi) is 15.1. The zero-order valence-corrected chi connectivity index (χ0v) is 31.0. The highest BCUT2D eigenvalue weighted by molar-refractivity contribution is 7.99. The van der Waals surface area contributed by atoms with Crippen LogP contribution in [0.5, 0.6) is 0 Å². The van der Waals surface area contributed by atoms with Crippen molar-refractivity contribution in [3.8, 4) is 0 Å². The Morgan fingerprint density at radius 1 is 0.717 bits per heavy atom. The zero-order chi connectivity index (χ0) is 31.1. The van der Waals surface area contributed by atoms with Crippen LogP contribution in [0.25, 0.3) is 0 Å². The van der Waals surface area contributed by atoms with E-state index in [0.717, 1.165) is 57.0 Å². The number of halogens is 3. The van der Waals surface area contributed by atoms with Crippen LogP contribution in [0.2, 0.25) is 5.02 Å². The molecule has 4 aromatic rings. The Morgan fingerprint density at radius 2 is 1.26 bits per heavy atom. The lowest BCUT2D eigenvalue weighted by Gasteiger charge is -2.37. The molecule has 2 heterocycles. The van der Waals surface area contributed by atoms with Crippen LogP contribution in [-0.4, -0.2) is 62.7 Å². The van der Waals surface area contributed by atoms with Gasteiger partial charge in [-0.3, -0.25) is 4.90 Å². The molecule has 0 amide bonds. The zero-order valence-electron chi connectivity index (χ0n) is 27.8. The molecular formula is C38H49Cl3N4S. The lowest BCUT2D eigenvalue weighted by atomic mass is 10.0. The van der Waals surface area contributed by atoms with E-state index in [1.165, 1.54) is 43.7 Å². The average Bonchev–Trinajstić information content (AvgIpc) is 3.18. The van der Waals surface area contributed by atoms with Gasteiger partial charge in [0.15, 0.2) is 0 Å². The number of anilines is 4. The lowest BCUT2D eigenvalue weighted by Crippen LogP contribution is -2.41. The Balaban J connectivity index is 0.000000240. The number of fused-ring (bicyclic) bond motifs is 4. The van der Waals surface area contributed by atoms with Gasteiger partial charge in [-0.25, -0.2) is 0 Å². The second-order valence-electron chi connectivity index (χ2n) is 11.9. The molecule has 0 aliphatic carbocycles. The first-order valence-corrected chi connectivity index (χ1v) is 17.2. The van der Waals surface area contributed by atoms with Gasteiger partial charge in [-0.2, -0.15) is 0 Å². The fourth-order valence-corrected chi connectivity index (χ4v) is 7.64. The third-order valence-corrected chi connectivity index (χ3v) is 10.1. The molecule has 2 aliphatic heterocycles. The van der Waals surface area contributed by atoms with E-state index in [1.807, 2.05) is 17.8 Å². The van der Waals surface area contributed by atoms with Gasteiger partial charge in [0.25, 0.3) is 0 Å². The van der Waals surface area contributed by atoms with Crippen LogP contribution in [0.15, 0.2) is 101 Å². The molecule has 46 heavy (non-hydrogen) atoms. The summed E-state index contributed by atoms with van der Waals surface area (Å²) in [6.45, 7) is 12.2. The van der Waals surface area contributed by atoms with Crippen LogP contribution >= 0.6 is 48.2 Å². The van der Waals surface area contributed by atoms with Gasteiger partial charge >= 0.3 is 0 Å². The molecule has 6 rings (SSSR count). The average molecular weight is 700 g/mol. The Hall–Kier alpha value is -2.38.